The van der Waals surface area contributed by atoms with E-state index in [1.54, 1.807) is 35.2 Å². The summed E-state index contributed by atoms with van der Waals surface area (Å²) in [5, 5.41) is 0.0499. The summed E-state index contributed by atoms with van der Waals surface area (Å²) in [5.74, 6) is 0.592. The number of benzene rings is 3. The quantitative estimate of drug-likeness (QED) is 0.0844. The zero-order valence-corrected chi connectivity index (χ0v) is 31.9. The lowest BCUT2D eigenvalue weighted by Crippen LogP contribution is -3.00. The van der Waals surface area contributed by atoms with Crippen molar-refractivity contribution in [3.05, 3.63) is 137 Å². The Balaban J connectivity index is 0.00000464. The summed E-state index contributed by atoms with van der Waals surface area (Å²) in [6.45, 7) is 6.60. The molecule has 1 fully saturated rings. The van der Waals surface area contributed by atoms with E-state index in [4.69, 9.17) is 30.8 Å². The van der Waals surface area contributed by atoms with Crippen LogP contribution in [0.25, 0.3) is 17.0 Å². The third kappa shape index (κ3) is 8.03. The molecule has 1 aliphatic heterocycles. The van der Waals surface area contributed by atoms with E-state index >= 15 is 0 Å². The molecule has 0 N–H and O–H groups in total. The standard InChI is InChI=1S/C39H38ClN6O5.HI/c1-4-8-32-44(22-27-9-6-5-7-10-27)19-20-45(32)35-34-36(43-39(40)42-35)46(24-41-34)33-21-30(51-38(48)29-17-13-26(3)14-18-29)31(50-33)23-49-37(47)28-15-11-25(2)12-16-28;/h5-7,9-20,24,30-31,33H,4,8,21-23H2,1-3H3;1H/q+1;/p-1/t30-,31+,33-;/m0./s1. The van der Waals surface area contributed by atoms with Gasteiger partial charge >= 0.3 is 11.9 Å². The van der Waals surface area contributed by atoms with Crippen LogP contribution in [0.4, 0.5) is 0 Å². The van der Waals surface area contributed by atoms with Gasteiger partial charge in [0.15, 0.2) is 11.2 Å². The van der Waals surface area contributed by atoms with E-state index in [1.165, 1.54) is 5.56 Å². The Bertz CT molecular complexity index is 2170. The minimum absolute atomic E-state index is 0. The minimum atomic E-state index is -0.759. The Morgan fingerprint density at radius 2 is 1.62 bits per heavy atom. The van der Waals surface area contributed by atoms with E-state index in [0.29, 0.717) is 34.7 Å². The number of rotatable bonds is 11. The second kappa shape index (κ2) is 16.3. The van der Waals surface area contributed by atoms with Crippen LogP contribution >= 0.6 is 11.6 Å². The van der Waals surface area contributed by atoms with Gasteiger partial charge in [-0.1, -0.05) is 72.6 Å². The Morgan fingerprint density at radius 1 is 0.942 bits per heavy atom. The van der Waals surface area contributed by atoms with Crippen molar-refractivity contribution in [2.75, 3.05) is 6.61 Å². The van der Waals surface area contributed by atoms with Gasteiger partial charge in [-0.25, -0.2) is 19.1 Å². The molecule has 0 amide bonds. The molecule has 4 heterocycles. The Morgan fingerprint density at radius 3 is 2.29 bits per heavy atom. The van der Waals surface area contributed by atoms with Gasteiger partial charge in [-0.05, 0) is 61.7 Å². The van der Waals surface area contributed by atoms with E-state index in [1.807, 2.05) is 73.3 Å². The van der Waals surface area contributed by atoms with Crippen LogP contribution in [0, 0.1) is 13.8 Å². The number of nitrogens with zero attached hydrogens (tertiary/aromatic N) is 6. The molecule has 0 spiro atoms. The molecular formula is C39H38ClIN6O5. The molecule has 0 unspecified atom stereocenters. The largest absolute Gasteiger partial charge is 1.00 e. The molecule has 11 nitrogen and oxygen atoms in total. The second-order valence-corrected chi connectivity index (χ2v) is 13.1. The van der Waals surface area contributed by atoms with Crippen molar-refractivity contribution in [3.63, 3.8) is 0 Å². The molecule has 0 bridgehead atoms. The summed E-state index contributed by atoms with van der Waals surface area (Å²) in [6.07, 6.45) is 5.46. The zero-order chi connectivity index (χ0) is 35.5. The third-order valence-electron chi connectivity index (χ3n) is 8.98. The molecule has 3 atom stereocenters. The third-order valence-corrected chi connectivity index (χ3v) is 9.15. The number of hydrogen-bond donors (Lipinski definition) is 0. The number of aromatic nitrogens is 6. The highest BCUT2D eigenvalue weighted by molar-refractivity contribution is 6.28. The highest BCUT2D eigenvalue weighted by atomic mass is 127. The van der Waals surface area contributed by atoms with E-state index in [2.05, 4.69) is 33.6 Å². The number of hydrogen-bond acceptors (Lipinski definition) is 8. The molecule has 6 aromatic rings. The average Bonchev–Trinajstić information content (AvgIpc) is 3.85. The molecular weight excluding hydrogens is 795 g/mol. The van der Waals surface area contributed by atoms with Crippen molar-refractivity contribution in [2.24, 2.45) is 0 Å². The molecule has 52 heavy (non-hydrogen) atoms. The lowest BCUT2D eigenvalue weighted by Gasteiger charge is -2.19. The molecule has 3 aromatic carbocycles. The van der Waals surface area contributed by atoms with E-state index in [-0.39, 0.29) is 42.3 Å². The molecule has 0 saturated carbocycles. The molecule has 7 rings (SSSR count). The number of carbonyl (C=O) groups is 2. The Kier molecular flexibility index (Phi) is 11.7. The number of ether oxygens (including phenoxy) is 3. The normalized spacial score (nSPS) is 16.8. The first-order valence-electron chi connectivity index (χ1n) is 17.0. The summed E-state index contributed by atoms with van der Waals surface area (Å²) in [7, 11) is 0. The van der Waals surface area contributed by atoms with Gasteiger partial charge in [-0.15, -0.1) is 0 Å². The van der Waals surface area contributed by atoms with Crippen LogP contribution < -0.4 is 28.5 Å². The lowest BCUT2D eigenvalue weighted by molar-refractivity contribution is -0.695. The van der Waals surface area contributed by atoms with Crippen molar-refractivity contribution in [1.82, 2.24) is 24.1 Å². The van der Waals surface area contributed by atoms with Crippen molar-refractivity contribution in [2.45, 2.75) is 65.0 Å². The number of fused-ring (bicyclic) bond motifs is 1. The van der Waals surface area contributed by atoms with Gasteiger partial charge in [0.1, 0.15) is 44.0 Å². The molecule has 0 radical (unpaired) electrons. The maximum absolute atomic E-state index is 13.3. The highest BCUT2D eigenvalue weighted by Gasteiger charge is 2.41. The topological polar surface area (TPSA) is 114 Å². The molecule has 13 heteroatoms. The molecule has 1 aliphatic rings. The van der Waals surface area contributed by atoms with Gasteiger partial charge < -0.3 is 38.2 Å². The van der Waals surface area contributed by atoms with Crippen LogP contribution in [0.3, 0.4) is 0 Å². The van der Waals surface area contributed by atoms with Crippen LogP contribution in [-0.4, -0.2) is 54.8 Å². The summed E-state index contributed by atoms with van der Waals surface area (Å²) >= 11 is 6.58. The smallest absolute Gasteiger partial charge is 0.338 e. The number of aryl methyl sites for hydroxylation is 2. The summed E-state index contributed by atoms with van der Waals surface area (Å²) in [4.78, 5) is 40.1. The maximum Gasteiger partial charge on any atom is 0.338 e. The number of carbonyl (C=O) groups excluding carboxylic acids is 2. The monoisotopic (exact) mass is 832 g/mol. The van der Waals surface area contributed by atoms with Crippen LogP contribution in [-0.2, 0) is 27.2 Å². The first-order valence-corrected chi connectivity index (χ1v) is 17.4. The summed E-state index contributed by atoms with van der Waals surface area (Å²) < 4.78 is 24.1. The fourth-order valence-corrected chi connectivity index (χ4v) is 6.45. The Labute approximate surface area is 323 Å². The predicted molar refractivity (Wildman–Crippen MR) is 190 cm³/mol. The molecule has 1 saturated heterocycles. The van der Waals surface area contributed by atoms with Crippen molar-refractivity contribution in [1.29, 1.82) is 0 Å². The number of esters is 2. The highest BCUT2D eigenvalue weighted by Crippen LogP contribution is 2.35. The summed E-state index contributed by atoms with van der Waals surface area (Å²) in [6, 6.07) is 24.5. The van der Waals surface area contributed by atoms with Gasteiger partial charge in [-0.2, -0.15) is 14.5 Å². The van der Waals surface area contributed by atoms with Crippen molar-refractivity contribution < 1.29 is 52.3 Å². The van der Waals surface area contributed by atoms with Crippen LogP contribution in [0.1, 0.15) is 69.2 Å². The van der Waals surface area contributed by atoms with Crippen LogP contribution in [0.15, 0.2) is 97.6 Å². The van der Waals surface area contributed by atoms with E-state index < -0.39 is 30.4 Å². The lowest BCUT2D eigenvalue weighted by atomic mass is 10.1. The fraction of sp³-hybridized carbons (Fsp3) is 0.282. The van der Waals surface area contributed by atoms with E-state index in [0.717, 1.165) is 29.8 Å². The van der Waals surface area contributed by atoms with Crippen LogP contribution in [0.2, 0.25) is 5.28 Å². The van der Waals surface area contributed by atoms with Gasteiger partial charge in [0.25, 0.3) is 11.6 Å². The van der Waals surface area contributed by atoms with Crippen molar-refractivity contribution >= 4 is 34.7 Å². The molecule has 268 valence electrons. The first kappa shape index (κ1) is 37.1. The van der Waals surface area contributed by atoms with Gasteiger partial charge in [0.2, 0.25) is 5.28 Å². The average molecular weight is 833 g/mol. The SMILES string of the molecule is CCCc1n(-c2nc(Cl)nc3c2ncn3[C@@H]2C[C@H](OC(=O)c3ccc(C)cc3)[C@@H](COC(=O)c3ccc(C)cc3)O2)cc[n+]1Cc1ccccc1.[I-]. The molecule has 3 aromatic heterocycles. The number of halogens is 2. The predicted octanol–water partition coefficient (Wildman–Crippen LogP) is 3.55. The Hall–Kier alpha value is -4.66. The zero-order valence-electron chi connectivity index (χ0n) is 29.0. The van der Waals surface area contributed by atoms with Crippen molar-refractivity contribution in [3.8, 4) is 5.82 Å². The first-order chi connectivity index (χ1) is 24.8. The maximum atomic E-state index is 13.3. The van der Waals surface area contributed by atoms with Gasteiger partial charge in [-0.3, -0.25) is 4.57 Å². The fourth-order valence-electron chi connectivity index (χ4n) is 6.29. The van der Waals surface area contributed by atoms with E-state index in [9.17, 15) is 9.59 Å². The number of imidazole rings is 2. The minimum Gasteiger partial charge on any atom is -1.00 e. The van der Waals surface area contributed by atoms with Crippen LogP contribution in [0.5, 0.6) is 0 Å². The summed E-state index contributed by atoms with van der Waals surface area (Å²) in [5.41, 5.74) is 5.06. The molecule has 0 aliphatic carbocycles. The second-order valence-electron chi connectivity index (χ2n) is 12.7. The van der Waals surface area contributed by atoms with Gasteiger partial charge in [0.05, 0.1) is 17.5 Å². The van der Waals surface area contributed by atoms with Gasteiger partial charge in [0, 0.05) is 12.8 Å².